The van der Waals surface area contributed by atoms with Crippen LogP contribution in [0, 0.1) is 0 Å². The predicted octanol–water partition coefficient (Wildman–Crippen LogP) is -3.60. The van der Waals surface area contributed by atoms with Crippen LogP contribution in [0.15, 0.2) is 0 Å². The van der Waals surface area contributed by atoms with E-state index in [0.29, 0.717) is 0 Å². The molecule has 0 rings (SSSR count). The molecule has 6 nitrogen and oxygen atoms in total. The van der Waals surface area contributed by atoms with Crippen LogP contribution in [0.3, 0.4) is 0 Å². The number of carbonyl (C=O) groups is 3. The maximum absolute atomic E-state index is 8.89. The van der Waals surface area contributed by atoms with Crippen molar-refractivity contribution in [1.82, 2.24) is 0 Å². The monoisotopic (exact) mass is 434 g/mol. The van der Waals surface area contributed by atoms with Gasteiger partial charge >= 0.3 is 99.1 Å². The minimum Gasteiger partial charge on any atom is 1.00 e. The topological polar surface area (TPSA) is 120 Å². The van der Waals surface area contributed by atoms with E-state index < -0.39 is 17.9 Å². The molecule has 0 aromatic rings. The van der Waals surface area contributed by atoms with Crippen molar-refractivity contribution in [3.05, 3.63) is 0 Å². The number of aliphatic carboxylic acids is 3. The smallest absolute Gasteiger partial charge is 1.00 e. The first kappa shape index (κ1) is 33.7. The van der Waals surface area contributed by atoms with Gasteiger partial charge in [0.2, 0.25) is 0 Å². The van der Waals surface area contributed by atoms with Crippen LogP contribution in [0.4, 0.5) is 0 Å². The standard InChI is InChI=1S/2C4H9.3C2H4O2.Na.Sn/c2*1-3-4-2;3*1-2(3)4;;/h2*1,3-4H2,2H3;3*1H3,(H,3,4);;/q;;;;;+1;+2/p-3. The second-order valence-electron chi connectivity index (χ2n) is 3.93. The van der Waals surface area contributed by atoms with Crippen molar-refractivity contribution in [1.29, 1.82) is 0 Å². The van der Waals surface area contributed by atoms with Gasteiger partial charge in [0.15, 0.2) is 0 Å². The molecule has 0 heterocycles. The fourth-order valence-corrected chi connectivity index (χ4v) is 4.89. The minimum absolute atomic E-state index is 0. The van der Waals surface area contributed by atoms with Gasteiger partial charge in [0.1, 0.15) is 0 Å². The number of carbonyl (C=O) groups excluding carboxylic acids is 3. The maximum Gasteiger partial charge on any atom is 1.00 e. The fourth-order valence-electron chi connectivity index (χ4n) is 0.729. The molecule has 0 aliphatic carbocycles. The van der Waals surface area contributed by atoms with Gasteiger partial charge in [-0.15, -0.1) is 0 Å². The van der Waals surface area contributed by atoms with E-state index in [1.807, 2.05) is 0 Å². The van der Waals surface area contributed by atoms with E-state index in [1.54, 1.807) is 8.87 Å². The van der Waals surface area contributed by atoms with E-state index >= 15 is 0 Å². The van der Waals surface area contributed by atoms with E-state index in [9.17, 15) is 0 Å². The van der Waals surface area contributed by atoms with Gasteiger partial charge in [0, 0.05) is 17.9 Å². The number of carboxylic acid groups (broad SMARTS) is 3. The van der Waals surface area contributed by atoms with E-state index in [1.165, 1.54) is 25.7 Å². The molecule has 0 aliphatic rings. The Hall–Kier alpha value is 0.209. The number of carboxylic acids is 3. The van der Waals surface area contributed by atoms with E-state index in [4.69, 9.17) is 29.7 Å². The van der Waals surface area contributed by atoms with Crippen molar-refractivity contribution >= 4 is 39.1 Å². The Balaban J connectivity index is -0.0000000632. The molecular weight excluding hydrogens is 406 g/mol. The van der Waals surface area contributed by atoms with E-state index in [0.717, 1.165) is 20.8 Å². The fraction of sp³-hybridized carbons (Fsp3) is 0.786. The summed E-state index contributed by atoms with van der Waals surface area (Å²) in [6.07, 6.45) is 5.84. The number of hydrogen-bond acceptors (Lipinski definition) is 6. The quantitative estimate of drug-likeness (QED) is 0.316. The molecule has 0 saturated carbocycles. The first-order valence-corrected chi connectivity index (χ1v) is 10.9. The Bertz CT molecular complexity index is 203. The summed E-state index contributed by atoms with van der Waals surface area (Å²) in [6.45, 7) is 7.50. The normalized spacial score (nSPS) is 7.14. The van der Waals surface area contributed by atoms with Gasteiger partial charge in [-0.25, -0.2) is 0 Å². The molecule has 0 aliphatic heterocycles. The third-order valence-electron chi connectivity index (χ3n) is 1.41. The molecule has 0 spiro atoms. The second-order valence-corrected chi connectivity index (χ2v) is 8.21. The summed E-state index contributed by atoms with van der Waals surface area (Å²) < 4.78 is 3.25. The zero-order valence-corrected chi connectivity index (χ0v) is 19.5. The van der Waals surface area contributed by atoms with Gasteiger partial charge in [0.05, 0.1) is 0 Å². The number of rotatable bonds is 6. The molecule has 0 aromatic carbocycles. The molecule has 0 N–H and O–H groups in total. The van der Waals surface area contributed by atoms with E-state index in [2.05, 4.69) is 13.8 Å². The summed E-state index contributed by atoms with van der Waals surface area (Å²) in [4.78, 5) is 26.7. The van der Waals surface area contributed by atoms with Crippen LogP contribution in [-0.4, -0.2) is 39.1 Å². The third-order valence-corrected chi connectivity index (χ3v) is 5.45. The van der Waals surface area contributed by atoms with Crippen LogP contribution in [0.1, 0.15) is 60.3 Å². The van der Waals surface area contributed by atoms with Crippen molar-refractivity contribution in [2.24, 2.45) is 0 Å². The SMILES string of the molecule is CC(=O)[O-].CC(=O)[O-].CC(=O)[O-].CCC[CH2][Sn+2][CH2]CCC.[Na+]. The summed E-state index contributed by atoms with van der Waals surface area (Å²) in [5, 5.41) is 26.7. The summed E-state index contributed by atoms with van der Waals surface area (Å²) in [5.74, 6) is -3.25. The molecule has 0 aromatic heterocycles. The average Bonchev–Trinajstić information content (AvgIpc) is 2.26. The molecule has 0 saturated heterocycles. The second kappa shape index (κ2) is 33.0. The molecular formula is C14H27NaO6Sn. The zero-order valence-electron chi connectivity index (χ0n) is 14.7. The zero-order chi connectivity index (χ0) is 17.7. The van der Waals surface area contributed by atoms with Crippen LogP contribution in [0.25, 0.3) is 0 Å². The van der Waals surface area contributed by atoms with E-state index in [-0.39, 0.29) is 50.7 Å². The van der Waals surface area contributed by atoms with Gasteiger partial charge in [-0.05, 0) is 20.8 Å². The first-order chi connectivity index (χ1) is 9.61. The summed E-state index contributed by atoms with van der Waals surface area (Å²) in [7, 11) is 0. The average molecular weight is 433 g/mol. The van der Waals surface area contributed by atoms with Crippen LogP contribution >= 0.6 is 0 Å². The molecule has 0 unspecified atom stereocenters. The van der Waals surface area contributed by atoms with Crippen molar-refractivity contribution < 1.29 is 59.3 Å². The minimum atomic E-state index is -1.08. The van der Waals surface area contributed by atoms with Crippen LogP contribution in [-0.2, 0) is 14.4 Å². The Kier molecular flexibility index (Phi) is 50.6. The predicted molar refractivity (Wildman–Crippen MR) is 77.2 cm³/mol. The Labute approximate surface area is 166 Å². The van der Waals surface area contributed by atoms with Crippen molar-refractivity contribution in [3.8, 4) is 0 Å². The molecule has 0 fully saturated rings. The van der Waals surface area contributed by atoms with Gasteiger partial charge in [0.25, 0.3) is 0 Å². The van der Waals surface area contributed by atoms with Gasteiger partial charge < -0.3 is 29.7 Å². The summed E-state index contributed by atoms with van der Waals surface area (Å²) in [5.41, 5.74) is 0. The Morgan fingerprint density at radius 2 is 0.909 bits per heavy atom. The number of unbranched alkanes of at least 4 members (excludes halogenated alkanes) is 2. The maximum atomic E-state index is 8.89. The van der Waals surface area contributed by atoms with Crippen LogP contribution in [0.2, 0.25) is 8.87 Å². The van der Waals surface area contributed by atoms with Gasteiger partial charge in [-0.3, -0.25) is 0 Å². The van der Waals surface area contributed by atoms with Crippen molar-refractivity contribution in [2.45, 2.75) is 69.2 Å². The van der Waals surface area contributed by atoms with Crippen LogP contribution < -0.4 is 44.9 Å². The van der Waals surface area contributed by atoms with Gasteiger partial charge in [-0.2, -0.15) is 0 Å². The first-order valence-electron chi connectivity index (χ1n) is 6.85. The molecule has 124 valence electrons. The molecule has 0 bridgehead atoms. The largest absolute Gasteiger partial charge is 1.00 e. The Morgan fingerprint density at radius 1 is 0.727 bits per heavy atom. The van der Waals surface area contributed by atoms with Crippen LogP contribution in [0.5, 0.6) is 0 Å². The third kappa shape index (κ3) is 193. The molecule has 22 heavy (non-hydrogen) atoms. The summed E-state index contributed by atoms with van der Waals surface area (Å²) in [6, 6.07) is 0. The molecule has 8 heteroatoms. The van der Waals surface area contributed by atoms with Gasteiger partial charge in [-0.1, -0.05) is 0 Å². The molecule has 0 radical (unpaired) electrons. The summed E-state index contributed by atoms with van der Waals surface area (Å²) >= 11 is 0.149. The molecule has 0 amide bonds. The number of hydrogen-bond donors (Lipinski definition) is 0. The Morgan fingerprint density at radius 3 is 1.05 bits per heavy atom. The molecule has 0 atom stereocenters. The van der Waals surface area contributed by atoms with Crippen molar-refractivity contribution in [3.63, 3.8) is 0 Å². The van der Waals surface area contributed by atoms with Crippen molar-refractivity contribution in [2.75, 3.05) is 0 Å².